The van der Waals surface area contributed by atoms with Gasteiger partial charge in [0.25, 0.3) is 0 Å². The van der Waals surface area contributed by atoms with Crippen molar-refractivity contribution in [3.63, 3.8) is 0 Å². The normalized spacial score (nSPS) is 12.3. The molecular weight excluding hydrogens is 431 g/mol. The highest BCUT2D eigenvalue weighted by atomic mass is 35.5. The minimum absolute atomic E-state index is 0.0196. The standard InChI is InChI=1S/C17H15ClF3N5O2S/c1-9-6-13(24-14-8-23-16(22)25-15(9)14)10-2-3-12(11(18)7-10)26-29(27,28)5-4-17(19,20)21/h2-3,6-8,26H,4-5H2,1H3,(H2,22,23,25). The van der Waals surface area contributed by atoms with Crippen LogP contribution >= 0.6 is 11.6 Å². The molecule has 0 radical (unpaired) electrons. The molecular formula is C17H15ClF3N5O2S. The molecule has 0 spiro atoms. The Balaban J connectivity index is 1.88. The Labute approximate surface area is 169 Å². The minimum Gasteiger partial charge on any atom is -0.368 e. The van der Waals surface area contributed by atoms with Crippen LogP contribution in [0.4, 0.5) is 24.8 Å². The average molecular weight is 446 g/mol. The zero-order valence-corrected chi connectivity index (χ0v) is 16.5. The van der Waals surface area contributed by atoms with E-state index in [1.165, 1.54) is 18.3 Å². The van der Waals surface area contributed by atoms with Gasteiger partial charge in [0.2, 0.25) is 16.0 Å². The fraction of sp³-hybridized carbons (Fsp3) is 0.235. The number of alkyl halides is 3. The zero-order chi connectivity index (χ0) is 21.4. The van der Waals surface area contributed by atoms with Crippen molar-refractivity contribution in [2.75, 3.05) is 16.2 Å². The van der Waals surface area contributed by atoms with Crippen LogP contribution in [0.5, 0.6) is 0 Å². The van der Waals surface area contributed by atoms with Gasteiger partial charge in [0.15, 0.2) is 0 Å². The first-order valence-corrected chi connectivity index (χ1v) is 10.2. The molecule has 0 bridgehead atoms. The van der Waals surface area contributed by atoms with E-state index in [4.69, 9.17) is 17.3 Å². The number of aryl methyl sites for hydroxylation is 1. The number of rotatable bonds is 5. The Morgan fingerprint density at radius 3 is 2.59 bits per heavy atom. The van der Waals surface area contributed by atoms with Gasteiger partial charge in [-0.3, -0.25) is 4.72 Å². The van der Waals surface area contributed by atoms with Crippen molar-refractivity contribution in [1.29, 1.82) is 0 Å². The molecule has 3 N–H and O–H groups in total. The quantitative estimate of drug-likeness (QED) is 0.615. The summed E-state index contributed by atoms with van der Waals surface area (Å²) in [5.74, 6) is -0.969. The largest absolute Gasteiger partial charge is 0.390 e. The molecule has 3 rings (SSSR count). The third-order valence-corrected chi connectivity index (χ3v) is 5.53. The second kappa shape index (κ2) is 7.64. The molecule has 3 aromatic rings. The molecule has 0 saturated carbocycles. The number of nitrogens with one attached hydrogen (secondary N) is 1. The van der Waals surface area contributed by atoms with Crippen molar-refractivity contribution in [2.24, 2.45) is 0 Å². The number of benzene rings is 1. The molecule has 0 fully saturated rings. The highest BCUT2D eigenvalue weighted by molar-refractivity contribution is 7.92. The van der Waals surface area contributed by atoms with Crippen molar-refractivity contribution in [1.82, 2.24) is 15.0 Å². The number of nitrogen functional groups attached to an aromatic ring is 1. The SMILES string of the molecule is Cc1cc(-c2ccc(NS(=O)(=O)CCC(F)(F)F)c(Cl)c2)nc2cnc(N)nc12. The van der Waals surface area contributed by atoms with E-state index in [-0.39, 0.29) is 16.7 Å². The van der Waals surface area contributed by atoms with Crippen LogP contribution in [0.15, 0.2) is 30.5 Å². The first-order chi connectivity index (χ1) is 13.4. The van der Waals surface area contributed by atoms with Crippen LogP contribution in [0.1, 0.15) is 12.0 Å². The molecule has 0 unspecified atom stereocenters. The summed E-state index contributed by atoms with van der Waals surface area (Å²) in [4.78, 5) is 12.5. The maximum absolute atomic E-state index is 12.3. The molecule has 154 valence electrons. The average Bonchev–Trinajstić information content (AvgIpc) is 2.62. The lowest BCUT2D eigenvalue weighted by Crippen LogP contribution is -2.22. The van der Waals surface area contributed by atoms with Crippen molar-refractivity contribution >= 4 is 44.3 Å². The maximum Gasteiger partial charge on any atom is 0.390 e. The second-order valence-electron chi connectivity index (χ2n) is 6.27. The van der Waals surface area contributed by atoms with E-state index in [0.717, 1.165) is 5.56 Å². The summed E-state index contributed by atoms with van der Waals surface area (Å²) in [5, 5.41) is 0.0196. The van der Waals surface area contributed by atoms with E-state index >= 15 is 0 Å². The Hall–Kier alpha value is -2.66. The van der Waals surface area contributed by atoms with Crippen LogP contribution in [0, 0.1) is 6.92 Å². The van der Waals surface area contributed by atoms with Gasteiger partial charge in [-0.05, 0) is 30.7 Å². The molecule has 0 aliphatic heterocycles. The van der Waals surface area contributed by atoms with Gasteiger partial charge in [-0.1, -0.05) is 17.7 Å². The fourth-order valence-electron chi connectivity index (χ4n) is 2.57. The van der Waals surface area contributed by atoms with E-state index in [0.29, 0.717) is 22.3 Å². The lowest BCUT2D eigenvalue weighted by Gasteiger charge is -2.12. The number of sulfonamides is 1. The maximum atomic E-state index is 12.3. The summed E-state index contributed by atoms with van der Waals surface area (Å²) in [5.41, 5.74) is 8.60. The van der Waals surface area contributed by atoms with Crippen LogP contribution in [-0.2, 0) is 10.0 Å². The molecule has 2 aromatic heterocycles. The van der Waals surface area contributed by atoms with E-state index < -0.39 is 28.4 Å². The molecule has 1 aromatic carbocycles. The monoisotopic (exact) mass is 445 g/mol. The van der Waals surface area contributed by atoms with E-state index in [9.17, 15) is 21.6 Å². The summed E-state index contributed by atoms with van der Waals surface area (Å²) in [6.07, 6.45) is -4.54. The van der Waals surface area contributed by atoms with Gasteiger partial charge in [-0.15, -0.1) is 0 Å². The highest BCUT2D eigenvalue weighted by Gasteiger charge is 2.30. The van der Waals surface area contributed by atoms with Gasteiger partial charge in [0.1, 0.15) is 5.52 Å². The van der Waals surface area contributed by atoms with Crippen LogP contribution in [0.25, 0.3) is 22.3 Å². The van der Waals surface area contributed by atoms with Gasteiger partial charge in [-0.25, -0.2) is 23.4 Å². The smallest absolute Gasteiger partial charge is 0.368 e. The molecule has 29 heavy (non-hydrogen) atoms. The van der Waals surface area contributed by atoms with Crippen LogP contribution < -0.4 is 10.5 Å². The third-order valence-electron chi connectivity index (χ3n) is 3.94. The number of fused-ring (bicyclic) bond motifs is 1. The summed E-state index contributed by atoms with van der Waals surface area (Å²) in [6.45, 7) is 1.82. The van der Waals surface area contributed by atoms with Gasteiger partial charge >= 0.3 is 6.18 Å². The number of nitrogens with zero attached hydrogens (tertiary/aromatic N) is 3. The summed E-state index contributed by atoms with van der Waals surface area (Å²) < 4.78 is 62.6. The Kier molecular flexibility index (Phi) is 5.54. The second-order valence-corrected chi connectivity index (χ2v) is 8.52. The van der Waals surface area contributed by atoms with E-state index in [2.05, 4.69) is 19.7 Å². The molecule has 0 aliphatic carbocycles. The van der Waals surface area contributed by atoms with Crippen molar-refractivity contribution in [3.05, 3.63) is 41.0 Å². The number of halogens is 4. The first kappa shape index (κ1) is 21.1. The van der Waals surface area contributed by atoms with E-state index in [1.54, 1.807) is 12.1 Å². The van der Waals surface area contributed by atoms with Crippen LogP contribution in [0.3, 0.4) is 0 Å². The molecule has 0 saturated heterocycles. The molecule has 2 heterocycles. The lowest BCUT2D eigenvalue weighted by molar-refractivity contribution is -0.129. The fourth-order valence-corrected chi connectivity index (χ4v) is 3.97. The topological polar surface area (TPSA) is 111 Å². The Morgan fingerprint density at radius 1 is 1.21 bits per heavy atom. The van der Waals surface area contributed by atoms with Gasteiger partial charge in [-0.2, -0.15) is 13.2 Å². The van der Waals surface area contributed by atoms with Gasteiger partial charge < -0.3 is 5.73 Å². The first-order valence-electron chi connectivity index (χ1n) is 8.20. The summed E-state index contributed by atoms with van der Waals surface area (Å²) >= 11 is 6.14. The van der Waals surface area contributed by atoms with Crippen molar-refractivity contribution in [2.45, 2.75) is 19.5 Å². The Bertz CT molecular complexity index is 1190. The number of aromatic nitrogens is 3. The predicted molar refractivity (Wildman–Crippen MR) is 105 cm³/mol. The molecule has 7 nitrogen and oxygen atoms in total. The molecule has 0 atom stereocenters. The molecule has 0 amide bonds. The summed E-state index contributed by atoms with van der Waals surface area (Å²) in [6, 6.07) is 6.14. The molecule has 0 aliphatic rings. The van der Waals surface area contributed by atoms with Crippen molar-refractivity contribution in [3.8, 4) is 11.3 Å². The number of anilines is 2. The Morgan fingerprint density at radius 2 is 1.93 bits per heavy atom. The van der Waals surface area contributed by atoms with Gasteiger partial charge in [0, 0.05) is 5.56 Å². The number of hydrogen-bond acceptors (Lipinski definition) is 6. The summed E-state index contributed by atoms with van der Waals surface area (Å²) in [7, 11) is -4.21. The van der Waals surface area contributed by atoms with Gasteiger partial charge in [0.05, 0.1) is 40.3 Å². The molecule has 12 heteroatoms. The van der Waals surface area contributed by atoms with Crippen molar-refractivity contribution < 1.29 is 21.6 Å². The zero-order valence-electron chi connectivity index (χ0n) is 15.0. The number of pyridine rings is 1. The number of hydrogen-bond donors (Lipinski definition) is 2. The minimum atomic E-state index is -4.57. The van der Waals surface area contributed by atoms with Crippen LogP contribution in [0.2, 0.25) is 5.02 Å². The number of nitrogens with two attached hydrogens (primary N) is 1. The third kappa shape index (κ3) is 5.24. The lowest BCUT2D eigenvalue weighted by atomic mass is 10.1. The van der Waals surface area contributed by atoms with Crippen LogP contribution in [-0.4, -0.2) is 35.3 Å². The van der Waals surface area contributed by atoms with E-state index in [1.807, 2.05) is 6.92 Å². The predicted octanol–water partition coefficient (Wildman–Crippen LogP) is 3.93. The highest BCUT2D eigenvalue weighted by Crippen LogP contribution is 2.31.